The zero-order valence-electron chi connectivity index (χ0n) is 11.5. The number of alkyl halides is 2. The van der Waals surface area contributed by atoms with E-state index in [4.69, 9.17) is 5.11 Å². The molecule has 2 fully saturated rings. The molecule has 2 N–H and O–H groups in total. The molecule has 0 radical (unpaired) electrons. The Morgan fingerprint density at radius 2 is 1.65 bits per heavy atom. The van der Waals surface area contributed by atoms with Crippen LogP contribution in [0.3, 0.4) is 0 Å². The minimum atomic E-state index is -2.65. The number of carboxylic acids is 1. The van der Waals surface area contributed by atoms with Gasteiger partial charge < -0.3 is 10.4 Å². The molecular formula is C14H21F2NO3. The quantitative estimate of drug-likeness (QED) is 0.836. The Kier molecular flexibility index (Phi) is 4.30. The van der Waals surface area contributed by atoms with Gasteiger partial charge in [-0.2, -0.15) is 0 Å². The third kappa shape index (κ3) is 3.67. The lowest BCUT2D eigenvalue weighted by atomic mass is 9.84. The van der Waals surface area contributed by atoms with Crippen LogP contribution >= 0.6 is 0 Å². The highest BCUT2D eigenvalue weighted by atomic mass is 19.3. The molecule has 0 heterocycles. The van der Waals surface area contributed by atoms with Crippen molar-refractivity contribution in [2.24, 2.45) is 5.92 Å². The summed E-state index contributed by atoms with van der Waals surface area (Å²) in [7, 11) is 0. The van der Waals surface area contributed by atoms with Crippen LogP contribution in [-0.2, 0) is 9.59 Å². The molecule has 2 aliphatic carbocycles. The molecule has 114 valence electrons. The highest BCUT2D eigenvalue weighted by Crippen LogP contribution is 2.38. The first-order valence-corrected chi connectivity index (χ1v) is 7.24. The molecule has 0 saturated heterocycles. The molecule has 0 aromatic rings. The zero-order chi connectivity index (χ0) is 14.8. The van der Waals surface area contributed by atoms with Crippen LogP contribution in [0, 0.1) is 5.92 Å². The second kappa shape index (κ2) is 5.66. The van der Waals surface area contributed by atoms with Crippen LogP contribution in [0.2, 0.25) is 0 Å². The Bertz CT molecular complexity index is 382. The Balaban J connectivity index is 1.94. The SMILES string of the molecule is O=C(O)CC1(NC(=O)C2CCC(F)(F)CC2)CCCC1. The maximum Gasteiger partial charge on any atom is 0.305 e. The highest BCUT2D eigenvalue weighted by Gasteiger charge is 2.41. The van der Waals surface area contributed by atoms with Crippen molar-refractivity contribution in [1.82, 2.24) is 5.32 Å². The third-order valence-corrected chi connectivity index (χ3v) is 4.53. The van der Waals surface area contributed by atoms with Crippen LogP contribution < -0.4 is 5.32 Å². The van der Waals surface area contributed by atoms with Crippen LogP contribution in [0.1, 0.15) is 57.8 Å². The lowest BCUT2D eigenvalue weighted by Crippen LogP contribution is -2.50. The Hall–Kier alpha value is -1.20. The molecule has 1 amide bonds. The van der Waals surface area contributed by atoms with Crippen molar-refractivity contribution in [2.45, 2.75) is 69.2 Å². The normalized spacial score (nSPS) is 25.3. The standard InChI is InChI=1S/C14H21F2NO3/c15-14(16)7-3-10(4-8-14)12(20)17-13(9-11(18)19)5-1-2-6-13/h10H,1-9H2,(H,17,20)(H,18,19). The molecule has 20 heavy (non-hydrogen) atoms. The Morgan fingerprint density at radius 1 is 1.10 bits per heavy atom. The average Bonchev–Trinajstić information content (AvgIpc) is 2.76. The van der Waals surface area contributed by atoms with Crippen LogP contribution in [0.25, 0.3) is 0 Å². The number of carboxylic acid groups (broad SMARTS) is 1. The molecule has 0 spiro atoms. The highest BCUT2D eigenvalue weighted by molar-refractivity contribution is 5.80. The first kappa shape index (κ1) is 15.2. The molecule has 2 aliphatic rings. The lowest BCUT2D eigenvalue weighted by Gasteiger charge is -2.33. The molecule has 0 unspecified atom stereocenters. The van der Waals surface area contributed by atoms with Crippen LogP contribution in [-0.4, -0.2) is 28.4 Å². The maximum absolute atomic E-state index is 13.1. The van der Waals surface area contributed by atoms with E-state index in [0.29, 0.717) is 12.8 Å². The van der Waals surface area contributed by atoms with E-state index in [0.717, 1.165) is 12.8 Å². The molecule has 0 aliphatic heterocycles. The largest absolute Gasteiger partial charge is 0.481 e. The molecular weight excluding hydrogens is 268 g/mol. The predicted octanol–water partition coefficient (Wildman–Crippen LogP) is 2.72. The van der Waals surface area contributed by atoms with Crippen molar-refractivity contribution in [2.75, 3.05) is 0 Å². The van der Waals surface area contributed by atoms with Gasteiger partial charge in [-0.3, -0.25) is 9.59 Å². The number of rotatable bonds is 4. The third-order valence-electron chi connectivity index (χ3n) is 4.53. The first-order valence-electron chi connectivity index (χ1n) is 7.24. The first-order chi connectivity index (χ1) is 9.32. The van der Waals surface area contributed by atoms with Crippen molar-refractivity contribution in [3.8, 4) is 0 Å². The smallest absolute Gasteiger partial charge is 0.305 e. The maximum atomic E-state index is 13.1. The number of amides is 1. The minimum absolute atomic E-state index is 0.0817. The van der Waals surface area contributed by atoms with Gasteiger partial charge in [0.1, 0.15) is 0 Å². The van der Waals surface area contributed by atoms with Gasteiger partial charge in [0.25, 0.3) is 0 Å². The molecule has 0 aromatic carbocycles. The zero-order valence-corrected chi connectivity index (χ0v) is 11.5. The molecule has 0 atom stereocenters. The van der Waals surface area contributed by atoms with Gasteiger partial charge in [0, 0.05) is 18.8 Å². The van der Waals surface area contributed by atoms with Crippen molar-refractivity contribution < 1.29 is 23.5 Å². The fourth-order valence-electron chi connectivity index (χ4n) is 3.35. The fraction of sp³-hybridized carbons (Fsp3) is 0.857. The van der Waals surface area contributed by atoms with Crippen LogP contribution in [0.15, 0.2) is 0 Å². The Labute approximate surface area is 116 Å². The molecule has 6 heteroatoms. The van der Waals surface area contributed by atoms with E-state index in [-0.39, 0.29) is 38.0 Å². The van der Waals surface area contributed by atoms with Gasteiger partial charge >= 0.3 is 5.97 Å². The van der Waals surface area contributed by atoms with E-state index in [1.165, 1.54) is 0 Å². The van der Waals surface area contributed by atoms with E-state index < -0.39 is 23.3 Å². The second-order valence-corrected chi connectivity index (χ2v) is 6.18. The van der Waals surface area contributed by atoms with Crippen LogP contribution in [0.5, 0.6) is 0 Å². The average molecular weight is 289 g/mol. The molecule has 0 bridgehead atoms. The van der Waals surface area contributed by atoms with Crippen LogP contribution in [0.4, 0.5) is 8.78 Å². The number of hydrogen-bond acceptors (Lipinski definition) is 2. The summed E-state index contributed by atoms with van der Waals surface area (Å²) in [6.07, 6.45) is 2.90. The fourth-order valence-corrected chi connectivity index (χ4v) is 3.35. The molecule has 4 nitrogen and oxygen atoms in total. The van der Waals surface area contributed by atoms with Crippen molar-refractivity contribution in [3.63, 3.8) is 0 Å². The van der Waals surface area contributed by atoms with E-state index in [2.05, 4.69) is 5.32 Å². The number of aliphatic carboxylic acids is 1. The van der Waals surface area contributed by atoms with Crippen molar-refractivity contribution in [3.05, 3.63) is 0 Å². The van der Waals surface area contributed by atoms with Crippen molar-refractivity contribution in [1.29, 1.82) is 0 Å². The summed E-state index contributed by atoms with van der Waals surface area (Å²) in [5, 5.41) is 11.8. The molecule has 2 rings (SSSR count). The predicted molar refractivity (Wildman–Crippen MR) is 68.5 cm³/mol. The summed E-state index contributed by atoms with van der Waals surface area (Å²) >= 11 is 0. The van der Waals surface area contributed by atoms with Gasteiger partial charge in [0.2, 0.25) is 11.8 Å². The van der Waals surface area contributed by atoms with E-state index in [1.807, 2.05) is 0 Å². The summed E-state index contributed by atoms with van der Waals surface area (Å²) in [5.74, 6) is -4.23. The number of halogens is 2. The Morgan fingerprint density at radius 3 is 2.15 bits per heavy atom. The number of hydrogen-bond donors (Lipinski definition) is 2. The topological polar surface area (TPSA) is 66.4 Å². The summed E-state index contributed by atoms with van der Waals surface area (Å²) < 4.78 is 26.2. The van der Waals surface area contributed by atoms with Gasteiger partial charge in [-0.15, -0.1) is 0 Å². The van der Waals surface area contributed by atoms with E-state index in [1.54, 1.807) is 0 Å². The number of nitrogens with one attached hydrogen (secondary N) is 1. The van der Waals surface area contributed by atoms with Gasteiger partial charge in [-0.1, -0.05) is 12.8 Å². The lowest BCUT2D eigenvalue weighted by molar-refractivity contribution is -0.139. The monoisotopic (exact) mass is 289 g/mol. The number of carbonyl (C=O) groups is 2. The summed E-state index contributed by atoms with van der Waals surface area (Å²) in [6.45, 7) is 0. The molecule has 0 aromatic heterocycles. The molecule has 2 saturated carbocycles. The van der Waals surface area contributed by atoms with Gasteiger partial charge in [0.15, 0.2) is 0 Å². The summed E-state index contributed by atoms with van der Waals surface area (Å²) in [4.78, 5) is 23.2. The minimum Gasteiger partial charge on any atom is -0.481 e. The van der Waals surface area contributed by atoms with Gasteiger partial charge in [0.05, 0.1) is 12.0 Å². The van der Waals surface area contributed by atoms with Gasteiger partial charge in [-0.25, -0.2) is 8.78 Å². The number of carbonyl (C=O) groups excluding carboxylic acids is 1. The van der Waals surface area contributed by atoms with E-state index in [9.17, 15) is 18.4 Å². The summed E-state index contributed by atoms with van der Waals surface area (Å²) in [6, 6.07) is 0. The van der Waals surface area contributed by atoms with Gasteiger partial charge in [-0.05, 0) is 25.7 Å². The van der Waals surface area contributed by atoms with E-state index >= 15 is 0 Å². The summed E-state index contributed by atoms with van der Waals surface area (Å²) in [5.41, 5.74) is -0.664. The second-order valence-electron chi connectivity index (χ2n) is 6.18. The van der Waals surface area contributed by atoms with Crippen molar-refractivity contribution >= 4 is 11.9 Å².